The quantitative estimate of drug-likeness (QED) is 0.902. The van der Waals surface area contributed by atoms with Crippen LogP contribution in [0.3, 0.4) is 0 Å². The number of carbonyl (C=O) groups is 1. The molecule has 1 aliphatic heterocycles. The van der Waals surface area contributed by atoms with Gasteiger partial charge < -0.3 is 5.11 Å². The average Bonchev–Trinajstić information content (AvgIpc) is 2.62. The van der Waals surface area contributed by atoms with Crippen LogP contribution < -0.4 is 0 Å². The van der Waals surface area contributed by atoms with Gasteiger partial charge in [-0.25, -0.2) is 0 Å². The van der Waals surface area contributed by atoms with E-state index in [4.69, 9.17) is 5.26 Å². The maximum Gasteiger partial charge on any atom is 0.307 e. The van der Waals surface area contributed by atoms with Crippen LogP contribution in [0.15, 0.2) is 30.3 Å². The molecule has 2 atom stereocenters. The van der Waals surface area contributed by atoms with Crippen molar-refractivity contribution in [3.8, 4) is 6.07 Å². The highest BCUT2D eigenvalue weighted by molar-refractivity contribution is 5.70. The first kappa shape index (κ1) is 13.6. The van der Waals surface area contributed by atoms with Gasteiger partial charge in [0.15, 0.2) is 0 Å². The number of nitrogens with zero attached hydrogens (tertiary/aromatic N) is 2. The van der Waals surface area contributed by atoms with Gasteiger partial charge in [-0.15, -0.1) is 0 Å². The van der Waals surface area contributed by atoms with E-state index in [9.17, 15) is 9.90 Å². The van der Waals surface area contributed by atoms with Crippen molar-refractivity contribution >= 4 is 5.97 Å². The summed E-state index contributed by atoms with van der Waals surface area (Å²) in [6, 6.07) is 12.3. The molecule has 2 unspecified atom stereocenters. The van der Waals surface area contributed by atoms with E-state index < -0.39 is 11.9 Å². The second kappa shape index (κ2) is 6.35. The summed E-state index contributed by atoms with van der Waals surface area (Å²) in [6.45, 7) is 2.35. The highest BCUT2D eigenvalue weighted by Crippen LogP contribution is 2.24. The molecule has 0 aromatic heterocycles. The summed E-state index contributed by atoms with van der Waals surface area (Å²) in [5.74, 6) is -1.72. The summed E-state index contributed by atoms with van der Waals surface area (Å²) < 4.78 is 0. The van der Waals surface area contributed by atoms with Gasteiger partial charge in [0.25, 0.3) is 0 Å². The third-order valence-electron chi connectivity index (χ3n) is 3.73. The summed E-state index contributed by atoms with van der Waals surface area (Å²) >= 11 is 0. The van der Waals surface area contributed by atoms with Gasteiger partial charge in [0, 0.05) is 6.54 Å². The fraction of sp³-hybridized carbons (Fsp3) is 0.467. The third kappa shape index (κ3) is 3.55. The third-order valence-corrected chi connectivity index (χ3v) is 3.73. The van der Waals surface area contributed by atoms with Gasteiger partial charge in [-0.2, -0.15) is 5.26 Å². The van der Waals surface area contributed by atoms with Crippen molar-refractivity contribution in [3.63, 3.8) is 0 Å². The van der Waals surface area contributed by atoms with Gasteiger partial charge in [-0.1, -0.05) is 30.3 Å². The smallest absolute Gasteiger partial charge is 0.307 e. The largest absolute Gasteiger partial charge is 0.481 e. The van der Waals surface area contributed by atoms with Crippen molar-refractivity contribution in [1.82, 2.24) is 4.90 Å². The van der Waals surface area contributed by atoms with Gasteiger partial charge in [-0.3, -0.25) is 9.69 Å². The van der Waals surface area contributed by atoms with Crippen LogP contribution in [-0.2, 0) is 11.3 Å². The fourth-order valence-corrected chi connectivity index (χ4v) is 2.61. The zero-order valence-corrected chi connectivity index (χ0v) is 10.8. The standard InChI is InChI=1S/C15H18N2O2/c16-10-13-6-8-17(9-7-14(13)15(18)19)11-12-4-2-1-3-5-12/h1-5,13-14H,6-9,11H2,(H,18,19). The van der Waals surface area contributed by atoms with E-state index in [2.05, 4.69) is 23.1 Å². The lowest BCUT2D eigenvalue weighted by molar-refractivity contribution is -0.143. The maximum atomic E-state index is 11.2. The maximum absolute atomic E-state index is 11.2. The van der Waals surface area contributed by atoms with E-state index in [1.54, 1.807) is 0 Å². The number of hydrogen-bond acceptors (Lipinski definition) is 3. The summed E-state index contributed by atoms with van der Waals surface area (Å²) in [7, 11) is 0. The molecule has 0 spiro atoms. The number of likely N-dealkylation sites (tertiary alicyclic amines) is 1. The van der Waals surface area contributed by atoms with Crippen LogP contribution in [0, 0.1) is 23.2 Å². The van der Waals surface area contributed by atoms with Crippen molar-refractivity contribution in [2.45, 2.75) is 19.4 Å². The molecule has 4 nitrogen and oxygen atoms in total. The Morgan fingerprint density at radius 2 is 2.00 bits per heavy atom. The first-order valence-electron chi connectivity index (χ1n) is 6.59. The minimum atomic E-state index is -0.840. The molecule has 1 heterocycles. The van der Waals surface area contributed by atoms with Crippen molar-refractivity contribution in [1.29, 1.82) is 5.26 Å². The van der Waals surface area contributed by atoms with Crippen LogP contribution in [0.1, 0.15) is 18.4 Å². The van der Waals surface area contributed by atoms with Gasteiger partial charge in [-0.05, 0) is 31.5 Å². The van der Waals surface area contributed by atoms with Gasteiger partial charge in [0.1, 0.15) is 0 Å². The fourth-order valence-electron chi connectivity index (χ4n) is 2.61. The van der Waals surface area contributed by atoms with Crippen LogP contribution in [0.2, 0.25) is 0 Å². The molecule has 0 aliphatic carbocycles. The van der Waals surface area contributed by atoms with Crippen LogP contribution in [0.4, 0.5) is 0 Å². The van der Waals surface area contributed by atoms with E-state index in [1.165, 1.54) is 5.56 Å². The lowest BCUT2D eigenvalue weighted by atomic mass is 9.89. The Kier molecular flexibility index (Phi) is 4.53. The Labute approximate surface area is 113 Å². The molecule has 0 radical (unpaired) electrons. The molecule has 4 heteroatoms. The normalized spacial score (nSPS) is 24.4. The molecule has 1 aliphatic rings. The number of nitriles is 1. The molecule has 100 valence electrons. The lowest BCUT2D eigenvalue weighted by Gasteiger charge is -2.19. The molecule has 0 bridgehead atoms. The van der Waals surface area contributed by atoms with E-state index in [0.29, 0.717) is 12.8 Å². The van der Waals surface area contributed by atoms with Gasteiger partial charge in [0.2, 0.25) is 0 Å². The highest BCUT2D eigenvalue weighted by atomic mass is 16.4. The number of carboxylic acid groups (broad SMARTS) is 1. The SMILES string of the molecule is N#CC1CCN(Cc2ccccc2)CCC1C(=O)O. The summed E-state index contributed by atoms with van der Waals surface area (Å²) in [5.41, 5.74) is 1.23. The molecular formula is C15H18N2O2. The van der Waals surface area contributed by atoms with E-state index in [-0.39, 0.29) is 5.92 Å². The van der Waals surface area contributed by atoms with Crippen molar-refractivity contribution in [2.75, 3.05) is 13.1 Å². The Morgan fingerprint density at radius 3 is 2.63 bits per heavy atom. The number of carboxylic acids is 1. The minimum absolute atomic E-state index is 0.363. The van der Waals surface area contributed by atoms with Crippen LogP contribution in [0.25, 0.3) is 0 Å². The van der Waals surface area contributed by atoms with Crippen molar-refractivity contribution < 1.29 is 9.90 Å². The van der Waals surface area contributed by atoms with Gasteiger partial charge in [0.05, 0.1) is 17.9 Å². The predicted octanol–water partition coefficient (Wildman–Crippen LogP) is 2.12. The van der Waals surface area contributed by atoms with Gasteiger partial charge >= 0.3 is 5.97 Å². The molecule has 19 heavy (non-hydrogen) atoms. The molecule has 1 N–H and O–H groups in total. The molecule has 1 aromatic carbocycles. The first-order chi connectivity index (χ1) is 9.20. The second-order valence-corrected chi connectivity index (χ2v) is 5.02. The molecule has 0 amide bonds. The zero-order chi connectivity index (χ0) is 13.7. The average molecular weight is 258 g/mol. The summed E-state index contributed by atoms with van der Waals surface area (Å²) in [5, 5.41) is 18.3. The Hall–Kier alpha value is -1.86. The number of aliphatic carboxylic acids is 1. The van der Waals surface area contributed by atoms with Crippen molar-refractivity contribution in [2.24, 2.45) is 11.8 Å². The monoisotopic (exact) mass is 258 g/mol. The predicted molar refractivity (Wildman–Crippen MR) is 71.2 cm³/mol. The lowest BCUT2D eigenvalue weighted by Crippen LogP contribution is -2.25. The van der Waals surface area contributed by atoms with Crippen LogP contribution >= 0.6 is 0 Å². The molecule has 1 fully saturated rings. The van der Waals surface area contributed by atoms with E-state index in [0.717, 1.165) is 19.6 Å². The number of hydrogen-bond donors (Lipinski definition) is 1. The first-order valence-corrected chi connectivity index (χ1v) is 6.59. The number of benzene rings is 1. The Balaban J connectivity index is 2.00. The Bertz CT molecular complexity index is 467. The van der Waals surface area contributed by atoms with Crippen LogP contribution in [-0.4, -0.2) is 29.1 Å². The second-order valence-electron chi connectivity index (χ2n) is 5.02. The minimum Gasteiger partial charge on any atom is -0.481 e. The Morgan fingerprint density at radius 1 is 1.32 bits per heavy atom. The molecule has 0 saturated carbocycles. The molecule has 1 saturated heterocycles. The van der Waals surface area contributed by atoms with Crippen LogP contribution in [0.5, 0.6) is 0 Å². The van der Waals surface area contributed by atoms with Crippen molar-refractivity contribution in [3.05, 3.63) is 35.9 Å². The summed E-state index contributed by atoms with van der Waals surface area (Å²) in [4.78, 5) is 13.4. The summed E-state index contributed by atoms with van der Waals surface area (Å²) in [6.07, 6.45) is 1.20. The molecule has 2 rings (SSSR count). The topological polar surface area (TPSA) is 64.3 Å². The van der Waals surface area contributed by atoms with E-state index in [1.807, 2.05) is 18.2 Å². The highest BCUT2D eigenvalue weighted by Gasteiger charge is 2.31. The van der Waals surface area contributed by atoms with E-state index >= 15 is 0 Å². The number of rotatable bonds is 3. The molecule has 1 aromatic rings. The zero-order valence-electron chi connectivity index (χ0n) is 10.8. The molecular weight excluding hydrogens is 240 g/mol.